The molecule has 3 N–H and O–H groups in total. The third-order valence-corrected chi connectivity index (χ3v) is 7.28. The number of ether oxygens (including phenoxy) is 1. The second kappa shape index (κ2) is 9.41. The summed E-state index contributed by atoms with van der Waals surface area (Å²) in [6.45, 7) is 5.66. The molecule has 3 aromatic heterocycles. The maximum atomic E-state index is 14.8. The van der Waals surface area contributed by atoms with Crippen molar-refractivity contribution in [1.29, 1.82) is 0 Å². The van der Waals surface area contributed by atoms with Crippen molar-refractivity contribution in [2.75, 3.05) is 0 Å². The lowest BCUT2D eigenvalue weighted by Crippen LogP contribution is -2.24. The Kier molecular flexibility index (Phi) is 6.40. The monoisotopic (exact) mass is 533 g/mol. The molecule has 5 rings (SSSR count). The summed E-state index contributed by atoms with van der Waals surface area (Å²) in [4.78, 5) is 12.3. The van der Waals surface area contributed by atoms with E-state index in [1.807, 2.05) is 13.8 Å². The fourth-order valence-electron chi connectivity index (χ4n) is 4.42. The number of hydrogen-bond acceptors (Lipinski definition) is 9. The number of nitrogens with zero attached hydrogens (tertiary/aromatic N) is 5. The first kappa shape index (κ1) is 25.1. The summed E-state index contributed by atoms with van der Waals surface area (Å²) in [6.07, 6.45) is 2.91. The number of halogens is 2. The molecule has 1 aromatic carbocycles. The lowest BCUT2D eigenvalue weighted by molar-refractivity contribution is 0.135. The molecule has 0 unspecified atom stereocenters. The molecule has 1 aliphatic carbocycles. The quantitative estimate of drug-likeness (QED) is 0.374. The van der Waals surface area contributed by atoms with Crippen LogP contribution in [0.15, 0.2) is 21.6 Å². The van der Waals surface area contributed by atoms with Gasteiger partial charge in [-0.15, -0.1) is 0 Å². The van der Waals surface area contributed by atoms with Crippen LogP contribution < -0.4 is 9.88 Å². The highest BCUT2D eigenvalue weighted by molar-refractivity contribution is 7.89. The van der Waals surface area contributed by atoms with Gasteiger partial charge in [-0.05, 0) is 44.7 Å². The van der Waals surface area contributed by atoms with Crippen LogP contribution in [0, 0.1) is 18.6 Å². The van der Waals surface area contributed by atoms with Crippen LogP contribution in [0.25, 0.3) is 22.3 Å². The van der Waals surface area contributed by atoms with E-state index in [-0.39, 0.29) is 40.6 Å². The molecule has 3 heterocycles. The Morgan fingerprint density at radius 1 is 1.11 bits per heavy atom. The molecule has 1 fully saturated rings. The Labute approximate surface area is 210 Å². The maximum absolute atomic E-state index is 14.8. The lowest BCUT2D eigenvalue weighted by Gasteiger charge is -2.26. The van der Waals surface area contributed by atoms with Crippen molar-refractivity contribution in [3.05, 3.63) is 41.3 Å². The number of aryl methyl sites for hydroxylation is 1. The Morgan fingerprint density at radius 2 is 1.84 bits per heavy atom. The van der Waals surface area contributed by atoms with E-state index in [4.69, 9.17) is 14.4 Å². The van der Waals surface area contributed by atoms with Crippen molar-refractivity contribution in [3.63, 3.8) is 0 Å². The van der Waals surface area contributed by atoms with Crippen LogP contribution in [0.3, 0.4) is 0 Å². The van der Waals surface area contributed by atoms with E-state index in [0.717, 1.165) is 31.7 Å². The molecule has 0 spiro atoms. The smallest absolute Gasteiger partial charge is 0.243 e. The molecule has 196 valence electrons. The molecule has 0 atom stereocenters. The van der Waals surface area contributed by atoms with Gasteiger partial charge in [0.15, 0.2) is 5.82 Å². The second-order valence-electron chi connectivity index (χ2n) is 9.42. The zero-order chi connectivity index (χ0) is 26.5. The van der Waals surface area contributed by atoms with Gasteiger partial charge in [-0.2, -0.15) is 15.1 Å². The van der Waals surface area contributed by atoms with Gasteiger partial charge in [-0.3, -0.25) is 5.10 Å². The minimum atomic E-state index is -4.44. The highest BCUT2D eigenvalue weighted by atomic mass is 32.2. The molecule has 37 heavy (non-hydrogen) atoms. The van der Waals surface area contributed by atoms with Crippen LogP contribution in [0.5, 0.6) is 5.88 Å². The van der Waals surface area contributed by atoms with Crippen LogP contribution in [-0.4, -0.2) is 44.8 Å². The second-order valence-corrected chi connectivity index (χ2v) is 10.9. The number of fused-ring (bicyclic) bond motifs is 1. The van der Waals surface area contributed by atoms with E-state index in [9.17, 15) is 17.2 Å². The third kappa shape index (κ3) is 4.90. The summed E-state index contributed by atoms with van der Waals surface area (Å²) in [5.41, 5.74) is 0.242. The number of H-pyrrole nitrogens is 1. The van der Waals surface area contributed by atoms with E-state index < -0.39 is 26.6 Å². The van der Waals surface area contributed by atoms with Crippen LogP contribution >= 0.6 is 0 Å². The minimum absolute atomic E-state index is 0.0104. The summed E-state index contributed by atoms with van der Waals surface area (Å²) >= 11 is 0. The molecule has 0 bridgehead atoms. The normalized spacial score (nSPS) is 18.6. The average molecular weight is 534 g/mol. The number of benzene rings is 1. The first-order chi connectivity index (χ1) is 17.5. The van der Waals surface area contributed by atoms with E-state index in [1.54, 1.807) is 6.92 Å². The number of sulfonamides is 1. The Bertz CT molecular complexity index is 1580. The largest absolute Gasteiger partial charge is 0.473 e. The van der Waals surface area contributed by atoms with E-state index >= 15 is 0 Å². The zero-order valence-corrected chi connectivity index (χ0v) is 21.1. The van der Waals surface area contributed by atoms with Gasteiger partial charge in [0, 0.05) is 17.4 Å². The van der Waals surface area contributed by atoms with Gasteiger partial charge >= 0.3 is 0 Å². The fraction of sp³-hybridized carbons (Fsp3) is 0.435. The number of aromatic amines is 1. The van der Waals surface area contributed by atoms with Crippen molar-refractivity contribution >= 4 is 21.1 Å². The van der Waals surface area contributed by atoms with Gasteiger partial charge in [0.2, 0.25) is 21.8 Å². The number of hydrogen-bond donors (Lipinski definition) is 2. The topological polar surface area (TPSA) is 163 Å². The van der Waals surface area contributed by atoms with E-state index in [1.165, 1.54) is 0 Å². The van der Waals surface area contributed by atoms with Crippen molar-refractivity contribution in [3.8, 4) is 17.1 Å². The summed E-state index contributed by atoms with van der Waals surface area (Å²) in [5, 5.41) is 15.9. The van der Waals surface area contributed by atoms with Gasteiger partial charge in [0.05, 0.1) is 0 Å². The van der Waals surface area contributed by atoms with Gasteiger partial charge in [-0.25, -0.2) is 27.3 Å². The molecular weight excluding hydrogens is 508 g/mol. The molecule has 4 aromatic rings. The number of rotatable bonds is 6. The molecular formula is C23H25F2N7O4S. The molecule has 11 nitrogen and oxygen atoms in total. The predicted molar refractivity (Wildman–Crippen MR) is 127 cm³/mol. The highest BCUT2D eigenvalue weighted by Crippen LogP contribution is 2.37. The Hall–Kier alpha value is -3.52. The molecule has 1 aliphatic rings. The average Bonchev–Trinajstić information content (AvgIpc) is 3.48. The SMILES string of the molecule is Cc1nc(OC2CCC(c3nc(C(C)C)no3)CC2)c2[nH]nc(-c3cc(F)c(S(N)(=O)=O)cc3F)c2n1. The maximum Gasteiger partial charge on any atom is 0.243 e. The van der Waals surface area contributed by atoms with Crippen LogP contribution in [-0.2, 0) is 10.0 Å². The van der Waals surface area contributed by atoms with Crippen molar-refractivity contribution < 1.29 is 26.5 Å². The van der Waals surface area contributed by atoms with Crippen molar-refractivity contribution in [1.82, 2.24) is 30.3 Å². The highest BCUT2D eigenvalue weighted by Gasteiger charge is 2.29. The van der Waals surface area contributed by atoms with Gasteiger partial charge in [0.25, 0.3) is 0 Å². The Morgan fingerprint density at radius 3 is 2.49 bits per heavy atom. The van der Waals surface area contributed by atoms with Crippen molar-refractivity contribution in [2.24, 2.45) is 5.14 Å². The molecule has 0 amide bonds. The van der Waals surface area contributed by atoms with Crippen LogP contribution in [0.4, 0.5) is 8.78 Å². The molecule has 0 aliphatic heterocycles. The predicted octanol–water partition coefficient (Wildman–Crippen LogP) is 3.87. The first-order valence-electron chi connectivity index (χ1n) is 11.8. The molecule has 14 heteroatoms. The number of primary sulfonamides is 1. The molecule has 0 radical (unpaired) electrons. The summed E-state index contributed by atoms with van der Waals surface area (Å²) in [6, 6.07) is 1.25. The molecule has 1 saturated carbocycles. The summed E-state index contributed by atoms with van der Waals surface area (Å²) in [7, 11) is -4.44. The third-order valence-electron chi connectivity index (χ3n) is 6.35. The number of aromatic nitrogens is 6. The summed E-state index contributed by atoms with van der Waals surface area (Å²) in [5.74, 6) is 0.0505. The van der Waals surface area contributed by atoms with Crippen molar-refractivity contribution in [2.45, 2.75) is 69.3 Å². The lowest BCUT2D eigenvalue weighted by atomic mass is 9.87. The van der Waals surface area contributed by atoms with Crippen LogP contribution in [0.2, 0.25) is 0 Å². The first-order valence-corrected chi connectivity index (χ1v) is 13.3. The van der Waals surface area contributed by atoms with Gasteiger partial charge < -0.3 is 9.26 Å². The number of nitrogens with one attached hydrogen (secondary N) is 1. The van der Waals surface area contributed by atoms with Crippen LogP contribution in [0.1, 0.15) is 68.9 Å². The number of nitrogens with two attached hydrogens (primary N) is 1. The summed E-state index contributed by atoms with van der Waals surface area (Å²) < 4.78 is 63.9. The zero-order valence-electron chi connectivity index (χ0n) is 20.3. The standard InChI is InChI=1S/C23H25F2N7O4S/c1-10(2)21-29-22(36-32-21)12-4-6-13(7-5-12)35-23-20-19(27-11(3)28-23)18(30-31-20)14-8-16(25)17(9-15(14)24)37(26,33)34/h8-10,12-13H,4-7H2,1-3H3,(H,30,31)(H2,26,33,34). The fourth-order valence-corrected chi connectivity index (χ4v) is 5.02. The van der Waals surface area contributed by atoms with Gasteiger partial charge in [0.1, 0.15) is 45.2 Å². The van der Waals surface area contributed by atoms with E-state index in [0.29, 0.717) is 29.1 Å². The Balaban J connectivity index is 1.39. The van der Waals surface area contributed by atoms with Gasteiger partial charge in [-0.1, -0.05) is 19.0 Å². The minimum Gasteiger partial charge on any atom is -0.473 e. The van der Waals surface area contributed by atoms with E-state index in [2.05, 4.69) is 30.3 Å². The molecule has 0 saturated heterocycles.